The zero-order chi connectivity index (χ0) is 13.2. The quantitative estimate of drug-likeness (QED) is 0.829. The number of nitrogens with zero attached hydrogens (tertiary/aromatic N) is 2. The van der Waals surface area contributed by atoms with Crippen molar-refractivity contribution in [2.45, 2.75) is 45.1 Å². The predicted octanol–water partition coefficient (Wildman–Crippen LogP) is 3.19. The average Bonchev–Trinajstić information content (AvgIpc) is 2.93. The Kier molecular flexibility index (Phi) is 3.27. The van der Waals surface area contributed by atoms with Crippen LogP contribution in [0.25, 0.3) is 11.0 Å². The van der Waals surface area contributed by atoms with Gasteiger partial charge < -0.3 is 11.1 Å². The zero-order valence-electron chi connectivity index (χ0n) is 11.2. The fourth-order valence-electron chi connectivity index (χ4n) is 3.01. The van der Waals surface area contributed by atoms with Crippen molar-refractivity contribution >= 4 is 22.4 Å². The summed E-state index contributed by atoms with van der Waals surface area (Å²) in [5, 5.41) is 11.4. The van der Waals surface area contributed by atoms with Gasteiger partial charge in [0, 0.05) is 6.04 Å². The minimum Gasteiger partial charge on any atom is -0.397 e. The van der Waals surface area contributed by atoms with Crippen LogP contribution in [0, 0.1) is 5.92 Å². The number of hydrogen-bond acceptors (Lipinski definition) is 5. The van der Waals surface area contributed by atoms with E-state index >= 15 is 0 Å². The Bertz CT molecular complexity index is 566. The zero-order valence-corrected chi connectivity index (χ0v) is 11.2. The molecule has 0 spiro atoms. The second kappa shape index (κ2) is 5.07. The van der Waals surface area contributed by atoms with Crippen molar-refractivity contribution in [1.29, 1.82) is 0 Å². The predicted molar refractivity (Wildman–Crippen MR) is 75.9 cm³/mol. The summed E-state index contributed by atoms with van der Waals surface area (Å²) in [5.74, 6) is 0.839. The maximum absolute atomic E-state index is 5.86. The summed E-state index contributed by atoms with van der Waals surface area (Å²) >= 11 is 0. The van der Waals surface area contributed by atoms with Crippen molar-refractivity contribution in [3.8, 4) is 0 Å². The molecule has 1 aliphatic rings. The molecule has 2 unspecified atom stereocenters. The van der Waals surface area contributed by atoms with Crippen molar-refractivity contribution in [3.05, 3.63) is 12.1 Å². The van der Waals surface area contributed by atoms with E-state index < -0.39 is 0 Å². The molecular weight excluding hydrogens is 240 g/mol. The molecule has 1 fully saturated rings. The Morgan fingerprint density at radius 2 is 2.16 bits per heavy atom. The fourth-order valence-corrected chi connectivity index (χ4v) is 3.01. The lowest BCUT2D eigenvalue weighted by molar-refractivity contribution is 0.315. The van der Waals surface area contributed by atoms with Gasteiger partial charge in [0.15, 0.2) is 11.0 Å². The molecule has 0 radical (unpaired) electrons. The normalized spacial score (nSPS) is 23.6. The Labute approximate surface area is 112 Å². The van der Waals surface area contributed by atoms with Gasteiger partial charge in [-0.25, -0.2) is 4.63 Å². The van der Waals surface area contributed by atoms with Crippen LogP contribution in [0.1, 0.15) is 39.0 Å². The highest BCUT2D eigenvalue weighted by molar-refractivity contribution is 5.95. The van der Waals surface area contributed by atoms with Gasteiger partial charge in [-0.3, -0.25) is 0 Å². The summed E-state index contributed by atoms with van der Waals surface area (Å²) in [7, 11) is 0. The summed E-state index contributed by atoms with van der Waals surface area (Å²) in [6.45, 7) is 2.27. The summed E-state index contributed by atoms with van der Waals surface area (Å²) in [4.78, 5) is 0. The van der Waals surface area contributed by atoms with Gasteiger partial charge in [-0.15, -0.1) is 0 Å². The first-order chi connectivity index (χ1) is 9.28. The SMILES string of the molecule is CCC1CCCC(Nc2ccc(N)c3nonc23)C1. The van der Waals surface area contributed by atoms with Crippen LogP contribution in [0.3, 0.4) is 0 Å². The molecule has 0 aliphatic heterocycles. The second-order valence-electron chi connectivity index (χ2n) is 5.45. The van der Waals surface area contributed by atoms with E-state index in [1.54, 1.807) is 0 Å². The molecule has 0 amide bonds. The van der Waals surface area contributed by atoms with Crippen molar-refractivity contribution < 1.29 is 4.63 Å². The second-order valence-corrected chi connectivity index (χ2v) is 5.45. The van der Waals surface area contributed by atoms with E-state index in [9.17, 15) is 0 Å². The number of aromatic nitrogens is 2. The van der Waals surface area contributed by atoms with Crippen molar-refractivity contribution in [1.82, 2.24) is 10.3 Å². The number of hydrogen-bond donors (Lipinski definition) is 2. The van der Waals surface area contributed by atoms with Gasteiger partial charge in [-0.2, -0.15) is 0 Å². The minimum absolute atomic E-state index is 0.516. The molecule has 19 heavy (non-hydrogen) atoms. The van der Waals surface area contributed by atoms with E-state index in [1.807, 2.05) is 12.1 Å². The Morgan fingerprint density at radius 3 is 3.00 bits per heavy atom. The van der Waals surface area contributed by atoms with Crippen LogP contribution in [0.2, 0.25) is 0 Å². The largest absolute Gasteiger partial charge is 0.397 e. The molecule has 5 nitrogen and oxygen atoms in total. The number of nitrogens with one attached hydrogen (secondary N) is 1. The van der Waals surface area contributed by atoms with Crippen LogP contribution in [-0.4, -0.2) is 16.4 Å². The molecule has 0 bridgehead atoms. The highest BCUT2D eigenvalue weighted by Crippen LogP contribution is 2.31. The van der Waals surface area contributed by atoms with Gasteiger partial charge in [0.1, 0.15) is 0 Å². The average molecular weight is 260 g/mol. The van der Waals surface area contributed by atoms with E-state index in [-0.39, 0.29) is 0 Å². The van der Waals surface area contributed by atoms with Gasteiger partial charge in [-0.1, -0.05) is 26.2 Å². The monoisotopic (exact) mass is 260 g/mol. The van der Waals surface area contributed by atoms with Crippen LogP contribution in [0.4, 0.5) is 11.4 Å². The van der Waals surface area contributed by atoms with E-state index in [2.05, 4.69) is 22.6 Å². The van der Waals surface area contributed by atoms with Crippen LogP contribution < -0.4 is 11.1 Å². The summed E-state index contributed by atoms with van der Waals surface area (Å²) in [6.07, 6.45) is 6.37. The number of nitrogen functional groups attached to an aromatic ring is 1. The van der Waals surface area contributed by atoms with Gasteiger partial charge in [0.25, 0.3) is 0 Å². The molecule has 102 valence electrons. The van der Waals surface area contributed by atoms with E-state index in [1.165, 1.54) is 32.1 Å². The minimum atomic E-state index is 0.516. The lowest BCUT2D eigenvalue weighted by atomic mass is 9.84. The highest BCUT2D eigenvalue weighted by Gasteiger charge is 2.21. The van der Waals surface area contributed by atoms with Gasteiger partial charge in [0.05, 0.1) is 11.4 Å². The number of rotatable bonds is 3. The van der Waals surface area contributed by atoms with Crippen LogP contribution in [0.15, 0.2) is 16.8 Å². The summed E-state index contributed by atoms with van der Waals surface area (Å²) in [5.41, 5.74) is 8.82. The van der Waals surface area contributed by atoms with Gasteiger partial charge in [0.2, 0.25) is 0 Å². The van der Waals surface area contributed by atoms with E-state index in [4.69, 9.17) is 10.4 Å². The third kappa shape index (κ3) is 2.37. The summed E-state index contributed by atoms with van der Waals surface area (Å²) in [6, 6.07) is 4.34. The number of benzene rings is 1. The molecule has 5 heteroatoms. The molecule has 1 aromatic heterocycles. The van der Waals surface area contributed by atoms with Crippen molar-refractivity contribution in [3.63, 3.8) is 0 Å². The van der Waals surface area contributed by atoms with Crippen molar-refractivity contribution in [2.24, 2.45) is 5.92 Å². The van der Waals surface area contributed by atoms with Gasteiger partial charge in [-0.05, 0) is 41.2 Å². The number of fused-ring (bicyclic) bond motifs is 1. The molecule has 0 saturated heterocycles. The van der Waals surface area contributed by atoms with Crippen LogP contribution >= 0.6 is 0 Å². The molecule has 2 atom stereocenters. The first kappa shape index (κ1) is 12.3. The third-order valence-corrected chi connectivity index (χ3v) is 4.17. The Balaban J connectivity index is 1.81. The van der Waals surface area contributed by atoms with Crippen LogP contribution in [0.5, 0.6) is 0 Å². The first-order valence-corrected chi connectivity index (χ1v) is 7.05. The fraction of sp³-hybridized carbons (Fsp3) is 0.571. The number of nitrogens with two attached hydrogens (primary N) is 1. The lowest BCUT2D eigenvalue weighted by Crippen LogP contribution is -2.27. The summed E-state index contributed by atoms with van der Waals surface area (Å²) < 4.78 is 4.80. The first-order valence-electron chi connectivity index (χ1n) is 7.05. The van der Waals surface area contributed by atoms with E-state index in [0.717, 1.165) is 17.1 Å². The molecule has 1 heterocycles. The third-order valence-electron chi connectivity index (χ3n) is 4.17. The van der Waals surface area contributed by atoms with E-state index in [0.29, 0.717) is 17.2 Å². The van der Waals surface area contributed by atoms with Crippen LogP contribution in [-0.2, 0) is 0 Å². The molecule has 1 aromatic carbocycles. The molecule has 3 rings (SSSR count). The Hall–Kier alpha value is -1.78. The lowest BCUT2D eigenvalue weighted by Gasteiger charge is -2.29. The topological polar surface area (TPSA) is 77.0 Å². The maximum atomic E-state index is 5.86. The highest BCUT2D eigenvalue weighted by atomic mass is 16.6. The maximum Gasteiger partial charge on any atom is 0.160 e. The van der Waals surface area contributed by atoms with Gasteiger partial charge >= 0.3 is 0 Å². The molecule has 1 aliphatic carbocycles. The molecule has 2 aromatic rings. The smallest absolute Gasteiger partial charge is 0.160 e. The molecular formula is C14H20N4O. The molecule has 1 saturated carbocycles. The molecule has 3 N–H and O–H groups in total. The van der Waals surface area contributed by atoms with Crippen molar-refractivity contribution in [2.75, 3.05) is 11.1 Å². The standard InChI is InChI=1S/C14H20N4O/c1-2-9-4-3-5-10(8-9)16-12-7-6-11(15)13-14(12)18-19-17-13/h6-7,9-10,16H,2-5,8,15H2,1H3. The Morgan fingerprint density at radius 1 is 1.32 bits per heavy atom. The number of anilines is 2.